The zero-order valence-electron chi connectivity index (χ0n) is 11.7. The van der Waals surface area contributed by atoms with E-state index in [1.54, 1.807) is 18.3 Å². The van der Waals surface area contributed by atoms with Crippen molar-refractivity contribution in [3.8, 4) is 0 Å². The average molecular weight is 314 g/mol. The van der Waals surface area contributed by atoms with Gasteiger partial charge in [-0.25, -0.2) is 0 Å². The summed E-state index contributed by atoms with van der Waals surface area (Å²) in [6, 6.07) is 11.9. The largest absolute Gasteiger partial charge is 0.355 e. The smallest absolute Gasteiger partial charge is 0.269 e. The summed E-state index contributed by atoms with van der Waals surface area (Å²) in [7, 11) is 0. The standard InChI is InChI=1S/C16H12ClN3O2/c1-10-14(17)7-6-13-15(8-9-18-16(10)13)19-11-2-4-12(5-3-11)20(21)22/h2-9H,1H3,(H,18,19). The number of nitro benzene ring substituents is 1. The number of benzene rings is 2. The molecule has 0 saturated carbocycles. The molecule has 0 fully saturated rings. The van der Waals surface area contributed by atoms with Crippen molar-refractivity contribution >= 4 is 39.6 Å². The molecule has 110 valence electrons. The van der Waals surface area contributed by atoms with E-state index in [4.69, 9.17) is 11.6 Å². The molecule has 0 amide bonds. The number of halogens is 1. The van der Waals surface area contributed by atoms with Crippen LogP contribution in [0.5, 0.6) is 0 Å². The van der Waals surface area contributed by atoms with Crippen LogP contribution in [0.4, 0.5) is 17.1 Å². The van der Waals surface area contributed by atoms with Crippen LogP contribution in [0, 0.1) is 17.0 Å². The summed E-state index contributed by atoms with van der Waals surface area (Å²) in [6.07, 6.45) is 1.71. The molecule has 0 bridgehead atoms. The molecule has 1 aromatic heterocycles. The van der Waals surface area contributed by atoms with Crippen LogP contribution in [0.15, 0.2) is 48.7 Å². The number of pyridine rings is 1. The van der Waals surface area contributed by atoms with E-state index in [9.17, 15) is 10.1 Å². The van der Waals surface area contributed by atoms with Crippen LogP contribution in [0.25, 0.3) is 10.9 Å². The highest BCUT2D eigenvalue weighted by Crippen LogP contribution is 2.30. The minimum atomic E-state index is -0.420. The molecule has 0 aliphatic heterocycles. The Hall–Kier alpha value is -2.66. The lowest BCUT2D eigenvalue weighted by molar-refractivity contribution is -0.384. The zero-order chi connectivity index (χ0) is 15.7. The third-order valence-corrected chi connectivity index (χ3v) is 3.87. The molecule has 0 radical (unpaired) electrons. The van der Waals surface area contributed by atoms with Gasteiger partial charge in [0.1, 0.15) is 0 Å². The number of aryl methyl sites for hydroxylation is 1. The van der Waals surface area contributed by atoms with Gasteiger partial charge in [0, 0.05) is 40.1 Å². The predicted octanol–water partition coefficient (Wildman–Crippen LogP) is 4.85. The van der Waals surface area contributed by atoms with E-state index in [1.165, 1.54) is 12.1 Å². The highest BCUT2D eigenvalue weighted by atomic mass is 35.5. The number of hydrogen-bond donors (Lipinski definition) is 1. The van der Waals surface area contributed by atoms with E-state index in [0.29, 0.717) is 5.02 Å². The van der Waals surface area contributed by atoms with Crippen molar-refractivity contribution < 1.29 is 4.92 Å². The van der Waals surface area contributed by atoms with Crippen LogP contribution in [0.1, 0.15) is 5.56 Å². The molecule has 6 heteroatoms. The van der Waals surface area contributed by atoms with Crippen LogP contribution < -0.4 is 5.32 Å². The highest BCUT2D eigenvalue weighted by Gasteiger charge is 2.08. The van der Waals surface area contributed by atoms with Gasteiger partial charge in [0.05, 0.1) is 10.4 Å². The van der Waals surface area contributed by atoms with Crippen molar-refractivity contribution in [3.63, 3.8) is 0 Å². The number of rotatable bonds is 3. The number of fused-ring (bicyclic) bond motifs is 1. The van der Waals surface area contributed by atoms with Gasteiger partial charge in [0.2, 0.25) is 0 Å². The topological polar surface area (TPSA) is 68.1 Å². The number of nitro groups is 1. The van der Waals surface area contributed by atoms with E-state index in [2.05, 4.69) is 10.3 Å². The maximum absolute atomic E-state index is 10.7. The zero-order valence-corrected chi connectivity index (χ0v) is 12.5. The molecular weight excluding hydrogens is 302 g/mol. The normalized spacial score (nSPS) is 10.6. The minimum absolute atomic E-state index is 0.0627. The first-order valence-electron chi connectivity index (χ1n) is 6.61. The number of nitrogens with zero attached hydrogens (tertiary/aromatic N) is 2. The van der Waals surface area contributed by atoms with Gasteiger partial charge in [-0.15, -0.1) is 0 Å². The van der Waals surface area contributed by atoms with Crippen molar-refractivity contribution in [2.24, 2.45) is 0 Å². The molecule has 0 unspecified atom stereocenters. The van der Waals surface area contributed by atoms with Gasteiger partial charge in [0.15, 0.2) is 0 Å². The number of hydrogen-bond acceptors (Lipinski definition) is 4. The summed E-state index contributed by atoms with van der Waals surface area (Å²) in [6.45, 7) is 1.92. The fourth-order valence-electron chi connectivity index (χ4n) is 2.27. The Kier molecular flexibility index (Phi) is 3.65. The van der Waals surface area contributed by atoms with Gasteiger partial charge >= 0.3 is 0 Å². The van der Waals surface area contributed by atoms with Gasteiger partial charge in [-0.1, -0.05) is 11.6 Å². The Balaban J connectivity index is 2.00. The van der Waals surface area contributed by atoms with Crippen LogP contribution >= 0.6 is 11.6 Å². The van der Waals surface area contributed by atoms with Crippen LogP contribution in [0.2, 0.25) is 5.02 Å². The Morgan fingerprint density at radius 3 is 2.55 bits per heavy atom. The van der Waals surface area contributed by atoms with E-state index in [-0.39, 0.29) is 5.69 Å². The fraction of sp³-hybridized carbons (Fsp3) is 0.0625. The molecule has 3 rings (SSSR count). The van der Waals surface area contributed by atoms with Crippen LogP contribution in [0.3, 0.4) is 0 Å². The highest BCUT2D eigenvalue weighted by molar-refractivity contribution is 6.32. The number of anilines is 2. The molecule has 2 aromatic carbocycles. The number of aromatic nitrogens is 1. The molecule has 0 aliphatic rings. The molecule has 22 heavy (non-hydrogen) atoms. The quantitative estimate of drug-likeness (QED) is 0.554. The third kappa shape index (κ3) is 2.58. The van der Waals surface area contributed by atoms with Gasteiger partial charge in [-0.05, 0) is 42.8 Å². The van der Waals surface area contributed by atoms with Crippen molar-refractivity contribution in [2.45, 2.75) is 6.92 Å². The van der Waals surface area contributed by atoms with Crippen molar-refractivity contribution in [1.82, 2.24) is 4.98 Å². The van der Waals surface area contributed by atoms with E-state index in [0.717, 1.165) is 27.8 Å². The molecule has 0 aliphatic carbocycles. The van der Waals surface area contributed by atoms with E-state index >= 15 is 0 Å². The van der Waals surface area contributed by atoms with Gasteiger partial charge in [-0.3, -0.25) is 15.1 Å². The van der Waals surface area contributed by atoms with Crippen molar-refractivity contribution in [2.75, 3.05) is 5.32 Å². The second kappa shape index (κ2) is 5.61. The maximum Gasteiger partial charge on any atom is 0.269 e. The van der Waals surface area contributed by atoms with Crippen LogP contribution in [-0.4, -0.2) is 9.91 Å². The van der Waals surface area contributed by atoms with E-state index in [1.807, 2.05) is 25.1 Å². The maximum atomic E-state index is 10.7. The number of non-ortho nitro benzene ring substituents is 1. The minimum Gasteiger partial charge on any atom is -0.355 e. The Bertz CT molecular complexity index is 863. The average Bonchev–Trinajstić information content (AvgIpc) is 2.52. The van der Waals surface area contributed by atoms with Crippen molar-refractivity contribution in [1.29, 1.82) is 0 Å². The second-order valence-electron chi connectivity index (χ2n) is 4.86. The van der Waals surface area contributed by atoms with Gasteiger partial charge < -0.3 is 5.32 Å². The molecule has 5 nitrogen and oxygen atoms in total. The van der Waals surface area contributed by atoms with Gasteiger partial charge in [0.25, 0.3) is 5.69 Å². The molecule has 0 saturated heterocycles. The first-order chi connectivity index (χ1) is 10.6. The molecule has 0 atom stereocenters. The summed E-state index contributed by atoms with van der Waals surface area (Å²) in [5, 5.41) is 15.6. The Labute approximate surface area is 131 Å². The first-order valence-corrected chi connectivity index (χ1v) is 6.99. The van der Waals surface area contributed by atoms with Crippen molar-refractivity contribution in [3.05, 3.63) is 69.4 Å². The summed E-state index contributed by atoms with van der Waals surface area (Å²) < 4.78 is 0. The fourth-order valence-corrected chi connectivity index (χ4v) is 2.42. The molecule has 1 heterocycles. The molecule has 3 aromatic rings. The van der Waals surface area contributed by atoms with E-state index < -0.39 is 4.92 Å². The lowest BCUT2D eigenvalue weighted by Gasteiger charge is -2.11. The number of nitrogens with one attached hydrogen (secondary N) is 1. The summed E-state index contributed by atoms with van der Waals surface area (Å²) in [4.78, 5) is 14.6. The molecule has 0 spiro atoms. The summed E-state index contributed by atoms with van der Waals surface area (Å²) in [5.41, 5.74) is 3.46. The lowest BCUT2D eigenvalue weighted by Crippen LogP contribution is -1.94. The predicted molar refractivity (Wildman–Crippen MR) is 87.9 cm³/mol. The molecular formula is C16H12ClN3O2. The van der Waals surface area contributed by atoms with Crippen LogP contribution in [-0.2, 0) is 0 Å². The lowest BCUT2D eigenvalue weighted by atomic mass is 10.1. The Morgan fingerprint density at radius 2 is 1.86 bits per heavy atom. The summed E-state index contributed by atoms with van der Waals surface area (Å²) >= 11 is 6.12. The summed E-state index contributed by atoms with van der Waals surface area (Å²) in [5.74, 6) is 0. The van der Waals surface area contributed by atoms with Gasteiger partial charge in [-0.2, -0.15) is 0 Å². The Morgan fingerprint density at radius 1 is 1.14 bits per heavy atom. The SMILES string of the molecule is Cc1c(Cl)ccc2c(Nc3ccc([N+](=O)[O-])cc3)ccnc12. The second-order valence-corrected chi connectivity index (χ2v) is 5.26. The molecule has 1 N–H and O–H groups in total. The first kappa shape index (κ1) is 14.3. The third-order valence-electron chi connectivity index (χ3n) is 3.46. The monoisotopic (exact) mass is 313 g/mol.